The molecule has 1 unspecified atom stereocenters. The number of ether oxygens (including phenoxy) is 1. The Morgan fingerprint density at radius 3 is 2.39 bits per heavy atom. The number of nitrogens with zero attached hydrogens (tertiary/aromatic N) is 1. The van der Waals surface area contributed by atoms with E-state index in [1.54, 1.807) is 12.1 Å². The molecule has 2 aliphatic rings. The molecule has 7 heteroatoms. The number of ketones is 1. The van der Waals surface area contributed by atoms with Crippen LogP contribution in [0.2, 0.25) is 0 Å². The number of carbonyl (C=O) groups excluding carboxylic acids is 1. The van der Waals surface area contributed by atoms with Gasteiger partial charge in [0.1, 0.15) is 5.75 Å². The minimum Gasteiger partial charge on any atom is -0.494 e. The molecule has 1 aliphatic carbocycles. The fourth-order valence-electron chi connectivity index (χ4n) is 4.30. The molecule has 1 atom stereocenters. The number of Topliss-reactive ketones (excluding diaryl/α,β-unsaturated/α-hetero) is 1. The quantitative estimate of drug-likeness (QED) is 0.373. The van der Waals surface area contributed by atoms with Crippen molar-refractivity contribution in [2.24, 2.45) is 5.92 Å². The van der Waals surface area contributed by atoms with Crippen molar-refractivity contribution in [1.29, 1.82) is 0 Å². The Hall–Kier alpha value is -2.22. The molecular formula is C26H34N2O4S. The topological polar surface area (TPSA) is 75.7 Å². The van der Waals surface area contributed by atoms with Crippen LogP contribution >= 0.6 is 0 Å². The average Bonchev–Trinajstić information content (AvgIpc) is 3.57. The first-order valence-corrected chi connectivity index (χ1v) is 13.5. The first-order valence-electron chi connectivity index (χ1n) is 12.0. The number of nitrogens with one attached hydrogen (secondary N) is 1. The second-order valence-corrected chi connectivity index (χ2v) is 11.1. The summed E-state index contributed by atoms with van der Waals surface area (Å²) < 4.78 is 31.5. The van der Waals surface area contributed by atoms with Crippen LogP contribution < -0.4 is 9.57 Å². The van der Waals surface area contributed by atoms with E-state index in [4.69, 9.17) is 4.74 Å². The highest BCUT2D eigenvalue weighted by molar-refractivity contribution is 7.89. The Labute approximate surface area is 197 Å². The van der Waals surface area contributed by atoms with E-state index in [1.165, 1.54) is 0 Å². The number of rotatable bonds is 11. The Bertz CT molecular complexity index is 1040. The number of benzene rings is 2. The van der Waals surface area contributed by atoms with Crippen LogP contribution in [-0.2, 0) is 10.0 Å². The van der Waals surface area contributed by atoms with Crippen LogP contribution in [-0.4, -0.2) is 38.4 Å². The minimum absolute atomic E-state index is 0.164. The van der Waals surface area contributed by atoms with Crippen LogP contribution in [0.1, 0.15) is 74.2 Å². The zero-order valence-electron chi connectivity index (χ0n) is 19.5. The highest BCUT2D eigenvalue weighted by Gasteiger charge is 2.30. The summed E-state index contributed by atoms with van der Waals surface area (Å²) in [7, 11) is -3.59. The molecule has 1 heterocycles. The Balaban J connectivity index is 1.24. The lowest BCUT2D eigenvalue weighted by molar-refractivity contribution is 0.0967. The predicted octanol–water partition coefficient (Wildman–Crippen LogP) is 4.92. The Morgan fingerprint density at radius 1 is 1.06 bits per heavy atom. The molecule has 0 aromatic heterocycles. The number of hydrogen-bond donors (Lipinski definition) is 1. The highest BCUT2D eigenvalue weighted by atomic mass is 32.2. The molecule has 1 saturated carbocycles. The van der Waals surface area contributed by atoms with Gasteiger partial charge in [0.05, 0.1) is 11.5 Å². The molecule has 0 bridgehead atoms. The lowest BCUT2D eigenvalue weighted by Gasteiger charge is -2.25. The second-order valence-electron chi connectivity index (χ2n) is 9.46. The van der Waals surface area contributed by atoms with E-state index in [-0.39, 0.29) is 17.7 Å². The van der Waals surface area contributed by atoms with Crippen LogP contribution in [0.5, 0.6) is 5.75 Å². The van der Waals surface area contributed by atoms with Gasteiger partial charge >= 0.3 is 0 Å². The maximum absolute atomic E-state index is 12.8. The Kier molecular flexibility index (Phi) is 7.51. The average molecular weight is 471 g/mol. The van der Waals surface area contributed by atoms with Gasteiger partial charge in [0, 0.05) is 24.1 Å². The molecule has 0 radical (unpaired) electrons. The van der Waals surface area contributed by atoms with Gasteiger partial charge in [-0.2, -0.15) is 0 Å². The van der Waals surface area contributed by atoms with Gasteiger partial charge in [0.15, 0.2) is 5.78 Å². The third kappa shape index (κ3) is 6.22. The molecule has 1 aliphatic heterocycles. The van der Waals surface area contributed by atoms with Gasteiger partial charge in [0.2, 0.25) is 0 Å². The standard InChI is InChI=1S/C26H34N2O4S/c1-19(2)20-11-15-25(16-12-20)33(30,31)27-28-17-3-5-23(28)6-4-18-32-24-13-9-22(10-14-24)26(29)21-7-8-21/h9-16,19,21,23,27H,3-8,17-18H2,1-2H3. The van der Waals surface area contributed by atoms with E-state index in [1.807, 2.05) is 41.4 Å². The smallest absolute Gasteiger partial charge is 0.253 e. The maximum Gasteiger partial charge on any atom is 0.253 e. The van der Waals surface area contributed by atoms with Crippen LogP contribution in [0, 0.1) is 5.92 Å². The van der Waals surface area contributed by atoms with Crippen LogP contribution in [0.3, 0.4) is 0 Å². The zero-order chi connectivity index (χ0) is 23.4. The maximum atomic E-state index is 12.8. The Morgan fingerprint density at radius 2 is 1.76 bits per heavy atom. The van der Waals surface area contributed by atoms with E-state index in [2.05, 4.69) is 18.7 Å². The second kappa shape index (κ2) is 10.4. The molecule has 6 nitrogen and oxygen atoms in total. The molecule has 2 aromatic rings. The molecule has 33 heavy (non-hydrogen) atoms. The fourth-order valence-corrected chi connectivity index (χ4v) is 5.45. The summed E-state index contributed by atoms with van der Waals surface area (Å²) in [6.45, 7) is 5.45. The van der Waals surface area contributed by atoms with E-state index in [9.17, 15) is 13.2 Å². The zero-order valence-corrected chi connectivity index (χ0v) is 20.3. The molecule has 0 amide bonds. The normalized spacial score (nSPS) is 19.2. The van der Waals surface area contributed by atoms with E-state index in [0.29, 0.717) is 24.0 Å². The van der Waals surface area contributed by atoms with E-state index >= 15 is 0 Å². The summed E-state index contributed by atoms with van der Waals surface area (Å²) in [5.41, 5.74) is 1.88. The predicted molar refractivity (Wildman–Crippen MR) is 129 cm³/mol. The number of sulfonamides is 1. The highest BCUT2D eigenvalue weighted by Crippen LogP contribution is 2.33. The van der Waals surface area contributed by atoms with Crippen LogP contribution in [0.15, 0.2) is 53.4 Å². The van der Waals surface area contributed by atoms with Gasteiger partial charge in [-0.05, 0) is 86.4 Å². The summed E-state index contributed by atoms with van der Waals surface area (Å²) in [4.78, 5) is 15.2. The van der Waals surface area contributed by atoms with Crippen molar-refractivity contribution in [2.45, 2.75) is 69.2 Å². The summed E-state index contributed by atoms with van der Waals surface area (Å²) in [6, 6.07) is 14.7. The van der Waals surface area contributed by atoms with Crippen molar-refractivity contribution >= 4 is 15.8 Å². The third-order valence-electron chi connectivity index (χ3n) is 6.51. The van der Waals surface area contributed by atoms with Crippen molar-refractivity contribution in [3.05, 3.63) is 59.7 Å². The molecular weight excluding hydrogens is 436 g/mol. The third-order valence-corrected chi connectivity index (χ3v) is 7.88. The minimum atomic E-state index is -3.59. The van der Waals surface area contributed by atoms with Crippen molar-refractivity contribution in [1.82, 2.24) is 9.84 Å². The largest absolute Gasteiger partial charge is 0.494 e. The van der Waals surface area contributed by atoms with Gasteiger partial charge in [-0.1, -0.05) is 26.0 Å². The van der Waals surface area contributed by atoms with E-state index < -0.39 is 10.0 Å². The van der Waals surface area contributed by atoms with Crippen molar-refractivity contribution in [2.75, 3.05) is 13.2 Å². The monoisotopic (exact) mass is 470 g/mol. The summed E-state index contributed by atoms with van der Waals surface area (Å²) in [5.74, 6) is 1.59. The SMILES string of the molecule is CC(C)c1ccc(S(=O)(=O)NN2CCCC2CCCOc2ccc(C(=O)C3CC3)cc2)cc1. The first-order chi connectivity index (χ1) is 15.8. The first kappa shape index (κ1) is 23.9. The fraction of sp³-hybridized carbons (Fsp3) is 0.500. The molecule has 2 fully saturated rings. The summed E-state index contributed by atoms with van der Waals surface area (Å²) in [5, 5.41) is 1.87. The van der Waals surface area contributed by atoms with Crippen molar-refractivity contribution in [3.63, 3.8) is 0 Å². The van der Waals surface area contributed by atoms with Gasteiger partial charge in [-0.3, -0.25) is 4.79 Å². The van der Waals surface area contributed by atoms with Gasteiger partial charge in [-0.15, -0.1) is 4.83 Å². The molecule has 0 spiro atoms. The molecule has 1 saturated heterocycles. The number of hydrazine groups is 1. The van der Waals surface area contributed by atoms with Gasteiger partial charge in [-0.25, -0.2) is 13.4 Å². The summed E-state index contributed by atoms with van der Waals surface area (Å²) >= 11 is 0. The summed E-state index contributed by atoms with van der Waals surface area (Å²) in [6.07, 6.45) is 5.64. The lowest BCUT2D eigenvalue weighted by atomic mass is 10.0. The molecule has 1 N–H and O–H groups in total. The number of carbonyl (C=O) groups is 1. The van der Waals surface area contributed by atoms with Gasteiger partial charge in [0.25, 0.3) is 10.0 Å². The van der Waals surface area contributed by atoms with Crippen LogP contribution in [0.4, 0.5) is 0 Å². The van der Waals surface area contributed by atoms with E-state index in [0.717, 1.165) is 55.4 Å². The molecule has 4 rings (SSSR count). The molecule has 2 aromatic carbocycles. The lowest BCUT2D eigenvalue weighted by Crippen LogP contribution is -2.45. The van der Waals surface area contributed by atoms with Gasteiger partial charge < -0.3 is 4.74 Å². The molecule has 178 valence electrons. The van der Waals surface area contributed by atoms with Crippen LogP contribution in [0.25, 0.3) is 0 Å². The number of hydrogen-bond acceptors (Lipinski definition) is 5. The van der Waals surface area contributed by atoms with Crippen molar-refractivity contribution < 1.29 is 17.9 Å². The van der Waals surface area contributed by atoms with Crippen molar-refractivity contribution in [3.8, 4) is 5.75 Å².